The van der Waals surface area contributed by atoms with Crippen LogP contribution in [0, 0.1) is 5.82 Å². The zero-order valence-corrected chi connectivity index (χ0v) is 16.0. The highest BCUT2D eigenvalue weighted by Crippen LogP contribution is 2.18. The fraction of sp³-hybridized carbons (Fsp3) is 0.350. The Morgan fingerprint density at radius 2 is 1.92 bits per heavy atom. The van der Waals surface area contributed by atoms with Crippen LogP contribution >= 0.6 is 15.9 Å². The average Bonchev–Trinajstić information content (AvgIpc) is 2.75. The summed E-state index contributed by atoms with van der Waals surface area (Å²) in [6, 6.07) is 14.7. The summed E-state index contributed by atoms with van der Waals surface area (Å²) in [6.45, 7) is 1.69. The second-order valence-corrected chi connectivity index (χ2v) is 7.55. The van der Waals surface area contributed by atoms with Gasteiger partial charge in [-0.3, -0.25) is 9.69 Å². The third-order valence-corrected chi connectivity index (χ3v) is 5.02. The lowest BCUT2D eigenvalue weighted by Gasteiger charge is -2.22. The fourth-order valence-corrected chi connectivity index (χ4v) is 3.63. The Kier molecular flexibility index (Phi) is 6.40. The molecule has 2 aromatic rings. The van der Waals surface area contributed by atoms with Gasteiger partial charge >= 0.3 is 0 Å². The maximum atomic E-state index is 14.0. The topological polar surface area (TPSA) is 43.8 Å². The van der Waals surface area contributed by atoms with Gasteiger partial charge in [0.05, 0.1) is 12.6 Å². The lowest BCUT2D eigenvalue weighted by Crippen LogP contribution is -2.38. The first-order valence-corrected chi connectivity index (χ1v) is 9.46. The number of carbonyl (C=O) groups is 1. The number of hydrogen-bond acceptors (Lipinski definition) is 3. The molecule has 0 aromatic heterocycles. The Morgan fingerprint density at radius 3 is 2.69 bits per heavy atom. The predicted molar refractivity (Wildman–Crippen MR) is 102 cm³/mol. The zero-order chi connectivity index (χ0) is 18.5. The van der Waals surface area contributed by atoms with Crippen LogP contribution in [-0.4, -0.2) is 53.1 Å². The fourth-order valence-electron chi connectivity index (χ4n) is 3.22. The van der Waals surface area contributed by atoms with Crippen molar-refractivity contribution in [1.29, 1.82) is 0 Å². The third kappa shape index (κ3) is 5.13. The van der Waals surface area contributed by atoms with E-state index in [1.807, 2.05) is 30.3 Å². The van der Waals surface area contributed by atoms with Gasteiger partial charge in [0.25, 0.3) is 0 Å². The molecule has 1 aliphatic heterocycles. The van der Waals surface area contributed by atoms with Crippen molar-refractivity contribution in [2.75, 3.05) is 26.2 Å². The summed E-state index contributed by atoms with van der Waals surface area (Å²) in [5.41, 5.74) is 1.67. The number of β-amino-alcohol motifs (C(OH)–C–C–N with tert-alkyl or cyclic N) is 1. The molecule has 1 aliphatic rings. The Labute approximate surface area is 161 Å². The summed E-state index contributed by atoms with van der Waals surface area (Å²) in [5.74, 6) is -0.340. The first-order valence-electron chi connectivity index (χ1n) is 8.67. The number of carbonyl (C=O) groups excluding carboxylic acids is 1. The van der Waals surface area contributed by atoms with Crippen LogP contribution < -0.4 is 0 Å². The molecule has 6 heteroatoms. The molecule has 1 saturated heterocycles. The van der Waals surface area contributed by atoms with E-state index in [2.05, 4.69) is 15.9 Å². The summed E-state index contributed by atoms with van der Waals surface area (Å²) in [4.78, 5) is 16.1. The molecule has 2 aromatic carbocycles. The van der Waals surface area contributed by atoms with Gasteiger partial charge < -0.3 is 10.0 Å². The standard InChI is InChI=1S/C20H22BrFN2O2/c21-17-6-7-19(22)16(10-17)11-23-12-18(25)13-24(20(26)14-23)9-8-15-4-2-1-3-5-15/h1-7,10,18,25H,8-9,11-14H2. The van der Waals surface area contributed by atoms with Crippen LogP contribution in [0.4, 0.5) is 4.39 Å². The van der Waals surface area contributed by atoms with E-state index in [9.17, 15) is 14.3 Å². The number of rotatable bonds is 5. The molecule has 1 unspecified atom stereocenters. The summed E-state index contributed by atoms with van der Waals surface area (Å²) >= 11 is 3.34. The maximum absolute atomic E-state index is 14.0. The summed E-state index contributed by atoms with van der Waals surface area (Å²) in [6.07, 6.45) is 0.104. The van der Waals surface area contributed by atoms with Gasteiger partial charge in [0.1, 0.15) is 5.82 Å². The van der Waals surface area contributed by atoms with Crippen molar-refractivity contribution in [1.82, 2.24) is 9.80 Å². The Morgan fingerprint density at radius 1 is 1.15 bits per heavy atom. The third-order valence-electron chi connectivity index (χ3n) is 4.53. The normalized spacial score (nSPS) is 18.8. The van der Waals surface area contributed by atoms with Crippen molar-refractivity contribution in [2.24, 2.45) is 0 Å². The highest BCUT2D eigenvalue weighted by atomic mass is 79.9. The molecule has 0 aliphatic carbocycles. The van der Waals surface area contributed by atoms with E-state index in [4.69, 9.17) is 0 Å². The number of aliphatic hydroxyl groups is 1. The van der Waals surface area contributed by atoms with Gasteiger partial charge in [-0.15, -0.1) is 0 Å². The van der Waals surface area contributed by atoms with E-state index in [1.165, 1.54) is 6.07 Å². The molecule has 4 nitrogen and oxygen atoms in total. The number of hydrogen-bond donors (Lipinski definition) is 1. The predicted octanol–water partition coefficient (Wildman–Crippen LogP) is 2.84. The highest BCUT2D eigenvalue weighted by molar-refractivity contribution is 9.10. The molecule has 1 atom stereocenters. The lowest BCUT2D eigenvalue weighted by molar-refractivity contribution is -0.131. The minimum absolute atomic E-state index is 0.0344. The molecule has 0 saturated carbocycles. The van der Waals surface area contributed by atoms with E-state index in [1.54, 1.807) is 21.9 Å². The van der Waals surface area contributed by atoms with Crippen LogP contribution in [0.5, 0.6) is 0 Å². The largest absolute Gasteiger partial charge is 0.390 e. The van der Waals surface area contributed by atoms with Gasteiger partial charge in [-0.05, 0) is 30.2 Å². The van der Waals surface area contributed by atoms with Crippen LogP contribution in [0.25, 0.3) is 0 Å². The average molecular weight is 421 g/mol. The summed E-state index contributed by atoms with van der Waals surface area (Å²) in [5, 5.41) is 10.3. The van der Waals surface area contributed by atoms with Gasteiger partial charge in [0, 0.05) is 36.2 Å². The number of amides is 1. The second kappa shape index (κ2) is 8.75. The molecule has 0 radical (unpaired) electrons. The van der Waals surface area contributed by atoms with Crippen molar-refractivity contribution in [3.8, 4) is 0 Å². The number of nitrogens with zero attached hydrogens (tertiary/aromatic N) is 2. The maximum Gasteiger partial charge on any atom is 0.236 e. The van der Waals surface area contributed by atoms with Crippen molar-refractivity contribution < 1.29 is 14.3 Å². The molecule has 1 amide bonds. The molecule has 138 valence electrons. The van der Waals surface area contributed by atoms with Gasteiger partial charge in [-0.25, -0.2) is 4.39 Å². The molecular weight excluding hydrogens is 399 g/mol. The summed E-state index contributed by atoms with van der Waals surface area (Å²) in [7, 11) is 0. The highest BCUT2D eigenvalue weighted by Gasteiger charge is 2.27. The van der Waals surface area contributed by atoms with Crippen LogP contribution in [0.3, 0.4) is 0 Å². The second-order valence-electron chi connectivity index (χ2n) is 6.63. The van der Waals surface area contributed by atoms with Gasteiger partial charge in [0.2, 0.25) is 5.91 Å². The molecule has 26 heavy (non-hydrogen) atoms. The minimum Gasteiger partial charge on any atom is -0.390 e. The van der Waals surface area contributed by atoms with Crippen molar-refractivity contribution >= 4 is 21.8 Å². The van der Waals surface area contributed by atoms with Gasteiger partial charge in [-0.2, -0.15) is 0 Å². The Bertz CT molecular complexity index is 757. The molecule has 1 fully saturated rings. The monoisotopic (exact) mass is 420 g/mol. The Balaban J connectivity index is 1.63. The van der Waals surface area contributed by atoms with E-state index >= 15 is 0 Å². The van der Waals surface area contributed by atoms with Crippen LogP contribution in [0.15, 0.2) is 53.0 Å². The van der Waals surface area contributed by atoms with Crippen molar-refractivity contribution in [3.63, 3.8) is 0 Å². The SMILES string of the molecule is O=C1CN(Cc2cc(Br)ccc2F)CC(O)CN1CCc1ccccc1. The quantitative estimate of drug-likeness (QED) is 0.808. The Hall–Kier alpha value is -1.76. The number of halogens is 2. The first-order chi connectivity index (χ1) is 12.5. The smallest absolute Gasteiger partial charge is 0.236 e. The molecular formula is C20H22BrFN2O2. The van der Waals surface area contributed by atoms with E-state index in [0.29, 0.717) is 31.7 Å². The van der Waals surface area contributed by atoms with Crippen molar-refractivity contribution in [2.45, 2.75) is 19.1 Å². The van der Waals surface area contributed by atoms with Crippen LogP contribution in [0.1, 0.15) is 11.1 Å². The van der Waals surface area contributed by atoms with Crippen LogP contribution in [-0.2, 0) is 17.8 Å². The molecule has 0 spiro atoms. The van der Waals surface area contributed by atoms with Gasteiger partial charge in [0.15, 0.2) is 0 Å². The van der Waals surface area contributed by atoms with Crippen molar-refractivity contribution in [3.05, 3.63) is 69.9 Å². The molecule has 3 rings (SSSR count). The van der Waals surface area contributed by atoms with Crippen LogP contribution in [0.2, 0.25) is 0 Å². The minimum atomic E-state index is -0.646. The number of aliphatic hydroxyl groups excluding tert-OH is 1. The van der Waals surface area contributed by atoms with Gasteiger partial charge in [-0.1, -0.05) is 46.3 Å². The molecule has 1 heterocycles. The zero-order valence-electron chi connectivity index (χ0n) is 14.4. The van der Waals surface area contributed by atoms with E-state index in [0.717, 1.165) is 16.5 Å². The summed E-state index contributed by atoms with van der Waals surface area (Å²) < 4.78 is 14.8. The first kappa shape index (κ1) is 19.0. The van der Waals surface area contributed by atoms with E-state index < -0.39 is 6.10 Å². The van der Waals surface area contributed by atoms with E-state index in [-0.39, 0.29) is 18.3 Å². The lowest BCUT2D eigenvalue weighted by atomic mass is 10.1. The number of benzene rings is 2. The molecule has 1 N–H and O–H groups in total. The molecule has 0 bridgehead atoms.